The van der Waals surface area contributed by atoms with Crippen LogP contribution in [0.5, 0.6) is 0 Å². The highest BCUT2D eigenvalue weighted by molar-refractivity contribution is 6.57. The predicted octanol–water partition coefficient (Wildman–Crippen LogP) is 2.85. The molecule has 0 aliphatic rings. The molecule has 0 fully saturated rings. The molecule has 0 saturated carbocycles. The zero-order valence-corrected chi connectivity index (χ0v) is 14.5. The van der Waals surface area contributed by atoms with Crippen LogP contribution < -0.4 is 0 Å². The van der Waals surface area contributed by atoms with Gasteiger partial charge in [0.15, 0.2) is 0 Å². The van der Waals surface area contributed by atoms with Crippen molar-refractivity contribution in [2.45, 2.75) is 42.3 Å². The van der Waals surface area contributed by atoms with E-state index in [0.29, 0.717) is 0 Å². The number of halogens is 13. The lowest BCUT2D eigenvalue weighted by atomic mass is 10.1. The fourth-order valence-corrected chi connectivity index (χ4v) is 2.95. The van der Waals surface area contributed by atoms with E-state index in [4.69, 9.17) is 0 Å². The summed E-state index contributed by atoms with van der Waals surface area (Å²) >= 11 is 0. The van der Waals surface area contributed by atoms with Gasteiger partial charge in [0.1, 0.15) is 10.5 Å². The molecule has 0 aromatic carbocycles. The fraction of sp³-hybridized carbons (Fsp3) is 1.00. The van der Waals surface area contributed by atoms with E-state index in [1.807, 2.05) is 0 Å². The SMILES string of the molecule is C[SiH](O[SiH3])C(F)(F)C(F)(F)C(F)(F)C(F)(F)OC(F)(F)C(F)(F)F. The Balaban J connectivity index is 5.94. The molecule has 17 heteroatoms. The summed E-state index contributed by atoms with van der Waals surface area (Å²) in [7, 11) is -5.26. The lowest BCUT2D eigenvalue weighted by Crippen LogP contribution is -2.68. The van der Waals surface area contributed by atoms with Crippen LogP contribution in [-0.2, 0) is 8.85 Å². The molecule has 0 N–H and O–H groups in total. The normalized spacial score (nSPS) is 17.2. The Morgan fingerprint density at radius 1 is 0.667 bits per heavy atom. The molecule has 0 aliphatic carbocycles. The molecule has 0 aromatic rings. The van der Waals surface area contributed by atoms with Crippen molar-refractivity contribution in [1.29, 1.82) is 0 Å². The smallest absolute Gasteiger partial charge is 0.462 e. The van der Waals surface area contributed by atoms with Crippen molar-refractivity contribution in [1.82, 2.24) is 0 Å². The van der Waals surface area contributed by atoms with Crippen molar-refractivity contribution in [3.8, 4) is 0 Å². The second-order valence-electron chi connectivity index (χ2n) is 4.28. The van der Waals surface area contributed by atoms with Gasteiger partial charge in [-0.1, -0.05) is 0 Å². The van der Waals surface area contributed by atoms with Crippen LogP contribution in [0.15, 0.2) is 0 Å². The van der Waals surface area contributed by atoms with Crippen LogP contribution in [0, 0.1) is 0 Å². The van der Waals surface area contributed by atoms with Crippen molar-refractivity contribution >= 4 is 19.5 Å². The summed E-state index contributed by atoms with van der Waals surface area (Å²) in [6, 6.07) is 0. The Kier molecular flexibility index (Phi) is 6.16. The molecule has 0 aromatic heterocycles. The van der Waals surface area contributed by atoms with E-state index in [0.717, 1.165) is 0 Å². The maximum Gasteiger partial charge on any atom is 0.483 e. The second kappa shape index (κ2) is 6.31. The van der Waals surface area contributed by atoms with Crippen LogP contribution in [0.25, 0.3) is 0 Å². The van der Waals surface area contributed by atoms with Crippen molar-refractivity contribution in [3.05, 3.63) is 0 Å². The zero-order valence-electron chi connectivity index (χ0n) is 11.3. The first-order chi connectivity index (χ1) is 10.2. The lowest BCUT2D eigenvalue weighted by Gasteiger charge is -2.38. The molecule has 1 unspecified atom stereocenters. The van der Waals surface area contributed by atoms with Gasteiger partial charge in [-0.2, -0.15) is 48.3 Å². The van der Waals surface area contributed by atoms with Gasteiger partial charge >= 0.3 is 35.8 Å². The Bertz CT molecular complexity index is 448. The minimum absolute atomic E-state index is 0.209. The number of hydrogen-bond donors (Lipinski definition) is 0. The first kappa shape index (κ1) is 23.4. The largest absolute Gasteiger partial charge is 0.483 e. The molecule has 0 bridgehead atoms. The first-order valence-corrected chi connectivity index (χ1v) is 8.39. The zero-order chi connectivity index (χ0) is 20.0. The van der Waals surface area contributed by atoms with Gasteiger partial charge in [0.2, 0.25) is 9.04 Å². The van der Waals surface area contributed by atoms with E-state index >= 15 is 0 Å². The van der Waals surface area contributed by atoms with Gasteiger partial charge in [-0.05, 0) is 6.55 Å². The average Bonchev–Trinajstić information content (AvgIpc) is 2.34. The van der Waals surface area contributed by atoms with Gasteiger partial charge in [0.05, 0.1) is 0 Å². The van der Waals surface area contributed by atoms with E-state index in [1.54, 1.807) is 0 Å². The maximum atomic E-state index is 13.2. The van der Waals surface area contributed by atoms with E-state index in [9.17, 15) is 57.1 Å². The van der Waals surface area contributed by atoms with E-state index < -0.39 is 55.3 Å². The van der Waals surface area contributed by atoms with E-state index in [-0.39, 0.29) is 6.55 Å². The van der Waals surface area contributed by atoms with Crippen molar-refractivity contribution < 1.29 is 65.9 Å². The first-order valence-electron chi connectivity index (χ1n) is 5.37. The quantitative estimate of drug-likeness (QED) is 0.461. The van der Waals surface area contributed by atoms with Gasteiger partial charge < -0.3 is 4.12 Å². The summed E-state index contributed by atoms with van der Waals surface area (Å²) in [5.41, 5.74) is -5.92. The van der Waals surface area contributed by atoms with E-state index in [2.05, 4.69) is 4.12 Å². The summed E-state index contributed by atoms with van der Waals surface area (Å²) in [6.07, 6.45) is -21.3. The minimum atomic E-state index is -7.42. The Morgan fingerprint density at radius 3 is 1.33 bits per heavy atom. The van der Waals surface area contributed by atoms with Crippen LogP contribution >= 0.6 is 0 Å². The van der Waals surface area contributed by atoms with Gasteiger partial charge in [-0.15, -0.1) is 0 Å². The fourth-order valence-electron chi connectivity index (χ4n) is 1.08. The summed E-state index contributed by atoms with van der Waals surface area (Å²) in [5.74, 6) is -14.5. The molecular weight excluding hydrogens is 419 g/mol. The molecule has 1 atom stereocenters. The monoisotopic (exact) mass is 426 g/mol. The molecule has 0 aliphatic heterocycles. The van der Waals surface area contributed by atoms with Crippen LogP contribution in [0.1, 0.15) is 0 Å². The molecule has 24 heavy (non-hydrogen) atoms. The lowest BCUT2D eigenvalue weighted by molar-refractivity contribution is -0.506. The number of ether oxygens (including phenoxy) is 1. The molecule has 146 valence electrons. The third kappa shape index (κ3) is 3.67. The summed E-state index contributed by atoms with van der Waals surface area (Å²) in [6.45, 7) is 0.209. The minimum Gasteiger partial charge on any atom is -0.462 e. The molecule has 0 heterocycles. The van der Waals surface area contributed by atoms with Crippen LogP contribution in [0.4, 0.5) is 57.1 Å². The highest BCUT2D eigenvalue weighted by Crippen LogP contribution is 2.55. The summed E-state index contributed by atoms with van der Waals surface area (Å²) in [5, 5.41) is 0. The summed E-state index contributed by atoms with van der Waals surface area (Å²) in [4.78, 5) is 0. The van der Waals surface area contributed by atoms with Crippen LogP contribution in [-0.4, -0.2) is 55.3 Å². The van der Waals surface area contributed by atoms with Gasteiger partial charge in [-0.25, -0.2) is 13.5 Å². The number of hydrogen-bond acceptors (Lipinski definition) is 2. The molecule has 0 spiro atoms. The molecule has 0 amide bonds. The average molecular weight is 426 g/mol. The van der Waals surface area contributed by atoms with Crippen molar-refractivity contribution in [3.63, 3.8) is 0 Å². The highest BCUT2D eigenvalue weighted by atomic mass is 28.3. The van der Waals surface area contributed by atoms with Gasteiger partial charge in [0, 0.05) is 0 Å². The molecule has 0 rings (SSSR count). The number of alkyl halides is 13. The second-order valence-corrected chi connectivity index (χ2v) is 8.18. The third-order valence-corrected chi connectivity index (χ3v) is 6.84. The maximum absolute atomic E-state index is 13.2. The Labute approximate surface area is 129 Å². The predicted molar refractivity (Wildman–Crippen MR) is 55.9 cm³/mol. The standard InChI is InChI=1S/C7H7F13O2Si2/c1-24(22-23)7(19,20)3(10,11)2(8,9)5(15,16)21-6(17,18)4(12,13)14/h24H,1,23H3. The van der Waals surface area contributed by atoms with E-state index in [1.165, 1.54) is 4.74 Å². The van der Waals surface area contributed by atoms with Crippen molar-refractivity contribution in [2.75, 3.05) is 0 Å². The third-order valence-electron chi connectivity index (χ3n) is 2.63. The topological polar surface area (TPSA) is 18.5 Å². The van der Waals surface area contributed by atoms with Gasteiger partial charge in [-0.3, -0.25) is 0 Å². The summed E-state index contributed by atoms with van der Waals surface area (Å²) < 4.78 is 169. The molecule has 0 radical (unpaired) electrons. The number of rotatable bonds is 7. The van der Waals surface area contributed by atoms with Crippen LogP contribution in [0.2, 0.25) is 6.55 Å². The van der Waals surface area contributed by atoms with Gasteiger partial charge in [0.25, 0.3) is 0 Å². The Hall–Kier alpha value is -0.556. The molecular formula is C7H7F13O2Si2. The Morgan fingerprint density at radius 2 is 1.04 bits per heavy atom. The van der Waals surface area contributed by atoms with Crippen molar-refractivity contribution in [2.24, 2.45) is 0 Å². The van der Waals surface area contributed by atoms with Crippen LogP contribution in [0.3, 0.4) is 0 Å². The molecule has 2 nitrogen and oxygen atoms in total. The highest BCUT2D eigenvalue weighted by Gasteiger charge is 2.84. The molecule has 0 saturated heterocycles.